The number of hydrogen-bond acceptors (Lipinski definition) is 6. The van der Waals surface area contributed by atoms with E-state index in [1.54, 1.807) is 24.3 Å². The molecule has 154 valence electrons. The summed E-state index contributed by atoms with van der Waals surface area (Å²) in [6, 6.07) is 6.77. The standard InChI is InChI=1S/C19H27N3O4S2/c1-14-13-27-18(20-14)21-17(23)12-22(10-11-26-5)28(24,25)16-8-6-15(7-9-16)19(2,3)4/h6-9,13H,10-12H2,1-5H3,(H,20,21,23). The molecule has 7 nitrogen and oxygen atoms in total. The highest BCUT2D eigenvalue weighted by molar-refractivity contribution is 7.89. The van der Waals surface area contributed by atoms with Crippen LogP contribution in [0.3, 0.4) is 0 Å². The van der Waals surface area contributed by atoms with Crippen LogP contribution in [0, 0.1) is 6.92 Å². The third kappa shape index (κ3) is 5.84. The summed E-state index contributed by atoms with van der Waals surface area (Å²) in [7, 11) is -2.35. The van der Waals surface area contributed by atoms with Crippen LogP contribution < -0.4 is 5.32 Å². The Bertz CT molecular complexity index is 900. The van der Waals surface area contributed by atoms with Crippen LogP contribution in [-0.4, -0.2) is 50.4 Å². The van der Waals surface area contributed by atoms with Gasteiger partial charge in [-0.1, -0.05) is 32.9 Å². The zero-order valence-electron chi connectivity index (χ0n) is 16.9. The third-order valence-corrected chi connectivity index (χ3v) is 6.82. The van der Waals surface area contributed by atoms with E-state index in [-0.39, 0.29) is 30.0 Å². The Labute approximate surface area is 170 Å². The Morgan fingerprint density at radius 3 is 2.39 bits per heavy atom. The van der Waals surface area contributed by atoms with Gasteiger partial charge < -0.3 is 10.1 Å². The zero-order chi connectivity index (χ0) is 20.9. The van der Waals surface area contributed by atoms with Gasteiger partial charge >= 0.3 is 0 Å². The van der Waals surface area contributed by atoms with E-state index in [1.165, 1.54) is 18.4 Å². The Morgan fingerprint density at radius 1 is 1.25 bits per heavy atom. The first-order valence-corrected chi connectivity index (χ1v) is 11.2. The van der Waals surface area contributed by atoms with Gasteiger partial charge in [0.25, 0.3) is 0 Å². The third-order valence-electron chi connectivity index (χ3n) is 4.09. The lowest BCUT2D eigenvalue weighted by molar-refractivity contribution is -0.116. The SMILES string of the molecule is COCCN(CC(=O)Nc1nc(C)cs1)S(=O)(=O)c1ccc(C(C)(C)C)cc1. The minimum atomic E-state index is -3.84. The molecule has 0 atom stereocenters. The topological polar surface area (TPSA) is 88.6 Å². The minimum Gasteiger partial charge on any atom is -0.383 e. The van der Waals surface area contributed by atoms with Gasteiger partial charge in [-0.25, -0.2) is 13.4 Å². The van der Waals surface area contributed by atoms with Gasteiger partial charge in [0.05, 0.1) is 23.7 Å². The van der Waals surface area contributed by atoms with Crippen LogP contribution in [0.25, 0.3) is 0 Å². The number of thiazole rings is 1. The molecule has 0 saturated carbocycles. The lowest BCUT2D eigenvalue weighted by Crippen LogP contribution is -2.40. The predicted molar refractivity (Wildman–Crippen MR) is 111 cm³/mol. The number of nitrogens with one attached hydrogen (secondary N) is 1. The first-order valence-electron chi connectivity index (χ1n) is 8.85. The number of rotatable bonds is 8. The van der Waals surface area contributed by atoms with Gasteiger partial charge in [0.1, 0.15) is 0 Å². The van der Waals surface area contributed by atoms with Crippen molar-refractivity contribution < 1.29 is 17.9 Å². The van der Waals surface area contributed by atoms with Crippen molar-refractivity contribution in [3.05, 3.63) is 40.9 Å². The molecular weight excluding hydrogens is 398 g/mol. The first kappa shape index (κ1) is 22.5. The molecule has 0 aliphatic rings. The Morgan fingerprint density at radius 2 is 1.89 bits per heavy atom. The Hall–Kier alpha value is -1.81. The quantitative estimate of drug-likeness (QED) is 0.702. The monoisotopic (exact) mass is 425 g/mol. The second-order valence-electron chi connectivity index (χ2n) is 7.45. The van der Waals surface area contributed by atoms with Crippen LogP contribution in [0.15, 0.2) is 34.5 Å². The van der Waals surface area contributed by atoms with Crippen LogP contribution in [0.1, 0.15) is 32.0 Å². The summed E-state index contributed by atoms with van der Waals surface area (Å²) in [5.74, 6) is -0.444. The number of benzene rings is 1. The van der Waals surface area contributed by atoms with E-state index in [1.807, 2.05) is 12.3 Å². The maximum absolute atomic E-state index is 13.1. The lowest BCUT2D eigenvalue weighted by Gasteiger charge is -2.23. The van der Waals surface area contributed by atoms with Gasteiger partial charge in [-0.2, -0.15) is 4.31 Å². The number of hydrogen-bond donors (Lipinski definition) is 1. The molecule has 0 bridgehead atoms. The number of nitrogens with zero attached hydrogens (tertiary/aromatic N) is 2. The summed E-state index contributed by atoms with van der Waals surface area (Å²) in [6.07, 6.45) is 0. The van der Waals surface area contributed by atoms with Gasteiger partial charge in [-0.3, -0.25) is 4.79 Å². The van der Waals surface area contributed by atoms with Crippen LogP contribution in [-0.2, 0) is 25.0 Å². The molecule has 2 rings (SSSR count). The number of aryl methyl sites for hydroxylation is 1. The van der Waals surface area contributed by atoms with E-state index in [0.29, 0.717) is 5.13 Å². The molecule has 0 saturated heterocycles. The molecule has 1 N–H and O–H groups in total. The molecule has 2 aromatic rings. The number of carbonyl (C=O) groups is 1. The number of anilines is 1. The zero-order valence-corrected chi connectivity index (χ0v) is 18.5. The molecule has 1 heterocycles. The maximum Gasteiger partial charge on any atom is 0.243 e. The minimum absolute atomic E-state index is 0.0736. The summed E-state index contributed by atoms with van der Waals surface area (Å²) >= 11 is 1.29. The molecule has 0 aliphatic carbocycles. The van der Waals surface area contributed by atoms with Crippen molar-refractivity contribution in [2.75, 3.05) is 32.1 Å². The van der Waals surface area contributed by atoms with Crippen molar-refractivity contribution in [1.29, 1.82) is 0 Å². The molecule has 1 aromatic heterocycles. The average Bonchev–Trinajstić information content (AvgIpc) is 3.02. The van der Waals surface area contributed by atoms with Gasteiger partial charge in [0.2, 0.25) is 15.9 Å². The molecule has 0 unspecified atom stereocenters. The van der Waals surface area contributed by atoms with E-state index in [9.17, 15) is 13.2 Å². The van der Waals surface area contributed by atoms with Gasteiger partial charge in [0, 0.05) is 19.0 Å². The summed E-state index contributed by atoms with van der Waals surface area (Å²) in [6.45, 7) is 7.95. The molecule has 0 radical (unpaired) electrons. The molecule has 1 amide bonds. The summed E-state index contributed by atoms with van der Waals surface area (Å²) < 4.78 is 32.3. The smallest absolute Gasteiger partial charge is 0.243 e. The van der Waals surface area contributed by atoms with Crippen LogP contribution >= 0.6 is 11.3 Å². The van der Waals surface area contributed by atoms with E-state index in [0.717, 1.165) is 15.6 Å². The molecule has 1 aromatic carbocycles. The first-order chi connectivity index (χ1) is 13.0. The van der Waals surface area contributed by atoms with Crippen LogP contribution in [0.5, 0.6) is 0 Å². The van der Waals surface area contributed by atoms with E-state index >= 15 is 0 Å². The van der Waals surface area contributed by atoms with Crippen molar-refractivity contribution in [2.45, 2.75) is 38.0 Å². The van der Waals surface area contributed by atoms with E-state index in [2.05, 4.69) is 31.1 Å². The van der Waals surface area contributed by atoms with Gasteiger partial charge in [0.15, 0.2) is 5.13 Å². The second kappa shape index (κ2) is 9.13. The number of ether oxygens (including phenoxy) is 1. The van der Waals surface area contributed by atoms with E-state index < -0.39 is 15.9 Å². The fourth-order valence-electron chi connectivity index (χ4n) is 2.48. The summed E-state index contributed by atoms with van der Waals surface area (Å²) in [5, 5.41) is 4.90. The van der Waals surface area contributed by atoms with E-state index in [4.69, 9.17) is 4.74 Å². The number of amides is 1. The number of aromatic nitrogens is 1. The Balaban J connectivity index is 2.20. The van der Waals surface area contributed by atoms with Crippen molar-refractivity contribution in [3.8, 4) is 0 Å². The normalized spacial score (nSPS) is 12.4. The number of methoxy groups -OCH3 is 1. The molecule has 0 fully saturated rings. The van der Waals surface area contributed by atoms with Crippen molar-refractivity contribution in [1.82, 2.24) is 9.29 Å². The fraction of sp³-hybridized carbons (Fsp3) is 0.474. The molecule has 0 aliphatic heterocycles. The molecule has 9 heteroatoms. The maximum atomic E-state index is 13.1. The fourth-order valence-corrected chi connectivity index (χ4v) is 4.57. The van der Waals surface area contributed by atoms with Crippen LogP contribution in [0.2, 0.25) is 0 Å². The Kier molecular flexibility index (Phi) is 7.33. The lowest BCUT2D eigenvalue weighted by atomic mass is 9.87. The highest BCUT2D eigenvalue weighted by Gasteiger charge is 2.27. The van der Waals surface area contributed by atoms with Gasteiger partial charge in [-0.05, 0) is 30.0 Å². The summed E-state index contributed by atoms with van der Waals surface area (Å²) in [4.78, 5) is 16.7. The molecule has 28 heavy (non-hydrogen) atoms. The predicted octanol–water partition coefficient (Wildman–Crippen LogP) is 3.02. The number of carbonyl (C=O) groups excluding carboxylic acids is 1. The second-order valence-corrected chi connectivity index (χ2v) is 10.2. The van der Waals surface area contributed by atoms with Crippen molar-refractivity contribution >= 4 is 32.4 Å². The summed E-state index contributed by atoms with van der Waals surface area (Å²) in [5.41, 5.74) is 1.75. The van der Waals surface area contributed by atoms with Crippen LogP contribution in [0.4, 0.5) is 5.13 Å². The van der Waals surface area contributed by atoms with Gasteiger partial charge in [-0.15, -0.1) is 11.3 Å². The van der Waals surface area contributed by atoms with Crippen molar-refractivity contribution in [2.24, 2.45) is 0 Å². The highest BCUT2D eigenvalue weighted by Crippen LogP contribution is 2.24. The average molecular weight is 426 g/mol. The largest absolute Gasteiger partial charge is 0.383 e. The highest BCUT2D eigenvalue weighted by atomic mass is 32.2. The molecule has 0 spiro atoms. The number of sulfonamides is 1. The van der Waals surface area contributed by atoms with Crippen molar-refractivity contribution in [3.63, 3.8) is 0 Å². The molecular formula is C19H27N3O4S2.